The molecule has 1 heterocycles. The molecule has 138 valence electrons. The molecule has 28 heavy (non-hydrogen) atoms. The van der Waals surface area contributed by atoms with Gasteiger partial charge in [0.05, 0.1) is 16.2 Å². The molecule has 0 bridgehead atoms. The van der Waals surface area contributed by atoms with Gasteiger partial charge in [-0.25, -0.2) is 4.98 Å². The van der Waals surface area contributed by atoms with Crippen LogP contribution < -0.4 is 0 Å². The van der Waals surface area contributed by atoms with Crippen molar-refractivity contribution in [3.05, 3.63) is 81.4 Å². The molecule has 0 radical (unpaired) electrons. The van der Waals surface area contributed by atoms with Crippen LogP contribution >= 0.6 is 11.6 Å². The maximum Gasteiger partial charge on any atom is 0.312 e. The zero-order valence-electron chi connectivity index (χ0n) is 14.2. The molecule has 0 aliphatic heterocycles. The molecule has 0 unspecified atom stereocenters. The van der Waals surface area contributed by atoms with Gasteiger partial charge in [-0.15, -0.1) is 0 Å². The lowest BCUT2D eigenvalue weighted by Crippen LogP contribution is -1.92. The number of rotatable bonds is 4. The number of nitrogens with zero attached hydrogens (tertiary/aromatic N) is 3. The summed E-state index contributed by atoms with van der Waals surface area (Å²) in [6.45, 7) is 0. The highest BCUT2D eigenvalue weighted by molar-refractivity contribution is 6.31. The quantitative estimate of drug-likeness (QED) is 0.279. The molecule has 0 spiro atoms. The Morgan fingerprint density at radius 2 is 1.89 bits per heavy atom. The number of halogens is 1. The Hall–Kier alpha value is -3.71. The minimum atomic E-state index is -0.704. The fraction of sp³-hybridized carbons (Fsp3) is 0. The summed E-state index contributed by atoms with van der Waals surface area (Å²) in [6.07, 6.45) is 1.32. The van der Waals surface area contributed by atoms with Crippen molar-refractivity contribution in [3.63, 3.8) is 0 Å². The van der Waals surface area contributed by atoms with Gasteiger partial charge in [-0.3, -0.25) is 15.1 Å². The van der Waals surface area contributed by atoms with Crippen LogP contribution in [-0.4, -0.2) is 21.2 Å². The van der Waals surface area contributed by atoms with Crippen LogP contribution in [0.5, 0.6) is 5.75 Å². The summed E-state index contributed by atoms with van der Waals surface area (Å²) in [5.41, 5.74) is 2.19. The van der Waals surface area contributed by atoms with E-state index in [4.69, 9.17) is 16.0 Å². The highest BCUT2D eigenvalue weighted by Crippen LogP contribution is 2.34. The fourth-order valence-corrected chi connectivity index (χ4v) is 2.96. The van der Waals surface area contributed by atoms with Gasteiger partial charge in [0.15, 0.2) is 5.58 Å². The number of phenols is 1. The van der Waals surface area contributed by atoms with Gasteiger partial charge in [0, 0.05) is 22.9 Å². The number of benzene rings is 3. The van der Waals surface area contributed by atoms with Crippen LogP contribution in [0.1, 0.15) is 5.56 Å². The van der Waals surface area contributed by atoms with Crippen molar-refractivity contribution < 1.29 is 14.4 Å². The molecule has 1 aromatic heterocycles. The predicted molar refractivity (Wildman–Crippen MR) is 106 cm³/mol. The summed E-state index contributed by atoms with van der Waals surface area (Å²) in [5.74, 6) is -0.104. The molecule has 0 fully saturated rings. The first-order valence-electron chi connectivity index (χ1n) is 8.19. The summed E-state index contributed by atoms with van der Waals surface area (Å²) in [4.78, 5) is 19.2. The summed E-state index contributed by atoms with van der Waals surface area (Å²) >= 11 is 5.92. The van der Waals surface area contributed by atoms with E-state index in [0.29, 0.717) is 22.7 Å². The fourth-order valence-electron chi connectivity index (χ4n) is 2.74. The van der Waals surface area contributed by atoms with E-state index in [-0.39, 0.29) is 10.6 Å². The zero-order chi connectivity index (χ0) is 19.7. The van der Waals surface area contributed by atoms with E-state index >= 15 is 0 Å². The van der Waals surface area contributed by atoms with Crippen LogP contribution in [0.4, 0.5) is 11.4 Å². The number of phenolic OH excluding ortho intramolecular Hbond substituents is 1. The summed E-state index contributed by atoms with van der Waals surface area (Å²) < 4.78 is 5.80. The molecule has 0 saturated heterocycles. The van der Waals surface area contributed by atoms with Gasteiger partial charge >= 0.3 is 5.69 Å². The molecule has 4 aromatic rings. The molecule has 0 aliphatic carbocycles. The van der Waals surface area contributed by atoms with Crippen LogP contribution in [0.3, 0.4) is 0 Å². The molecule has 0 aliphatic rings. The third-order valence-electron chi connectivity index (χ3n) is 4.05. The van der Waals surface area contributed by atoms with E-state index < -0.39 is 16.4 Å². The van der Waals surface area contributed by atoms with E-state index in [1.54, 1.807) is 18.2 Å². The van der Waals surface area contributed by atoms with Crippen molar-refractivity contribution in [3.8, 4) is 17.2 Å². The Morgan fingerprint density at radius 3 is 2.68 bits per heavy atom. The van der Waals surface area contributed by atoms with Crippen LogP contribution in [0.15, 0.2) is 70.1 Å². The number of hydrogen-bond donors (Lipinski definition) is 1. The van der Waals surface area contributed by atoms with Crippen LogP contribution in [-0.2, 0) is 0 Å². The predicted octanol–water partition coefficient (Wildman–Crippen LogP) is 5.51. The minimum absolute atomic E-state index is 0.123. The first-order chi connectivity index (χ1) is 13.5. The molecular weight excluding hydrogens is 382 g/mol. The second kappa shape index (κ2) is 7.13. The van der Waals surface area contributed by atoms with Crippen molar-refractivity contribution in [2.45, 2.75) is 0 Å². The van der Waals surface area contributed by atoms with E-state index in [2.05, 4.69) is 9.98 Å². The molecule has 4 rings (SSSR count). The molecule has 1 N–H and O–H groups in total. The lowest BCUT2D eigenvalue weighted by atomic mass is 10.1. The average Bonchev–Trinajstić information content (AvgIpc) is 3.12. The Morgan fingerprint density at radius 1 is 1.14 bits per heavy atom. The lowest BCUT2D eigenvalue weighted by Gasteiger charge is -2.03. The van der Waals surface area contributed by atoms with Crippen LogP contribution in [0.25, 0.3) is 22.6 Å². The number of aromatic hydroxyl groups is 1. The maximum absolute atomic E-state index is 11.0. The number of para-hydroxylation sites is 3. The molecule has 0 saturated carbocycles. The first-order valence-corrected chi connectivity index (χ1v) is 8.56. The van der Waals surface area contributed by atoms with Gasteiger partial charge in [0.2, 0.25) is 11.6 Å². The van der Waals surface area contributed by atoms with Gasteiger partial charge in [0.25, 0.3) is 0 Å². The average molecular weight is 394 g/mol. The van der Waals surface area contributed by atoms with E-state index in [9.17, 15) is 15.2 Å². The monoisotopic (exact) mass is 393 g/mol. The number of aliphatic imine (C=N–C) groups is 1. The topological polar surface area (TPSA) is 102 Å². The SMILES string of the molecule is O=[N+]([O-])c1cc(Cl)cc(C=Nc2ccccc2-c2nc3ccccc3o2)c1O. The highest BCUT2D eigenvalue weighted by Gasteiger charge is 2.18. The van der Waals surface area contributed by atoms with Crippen molar-refractivity contribution in [1.82, 2.24) is 4.98 Å². The smallest absolute Gasteiger partial charge is 0.312 e. The normalized spacial score (nSPS) is 11.3. The van der Waals surface area contributed by atoms with Crippen molar-refractivity contribution in [2.24, 2.45) is 4.99 Å². The van der Waals surface area contributed by atoms with Gasteiger partial charge in [0.1, 0.15) is 5.52 Å². The number of fused-ring (bicyclic) bond motifs is 1. The first kappa shape index (κ1) is 17.7. The third kappa shape index (κ3) is 3.30. The Balaban J connectivity index is 1.77. The number of oxazole rings is 1. The minimum Gasteiger partial charge on any atom is -0.502 e. The van der Waals surface area contributed by atoms with Crippen LogP contribution in [0.2, 0.25) is 5.02 Å². The third-order valence-corrected chi connectivity index (χ3v) is 4.27. The van der Waals surface area contributed by atoms with E-state index in [0.717, 1.165) is 11.6 Å². The summed E-state index contributed by atoms with van der Waals surface area (Å²) in [5, 5.41) is 21.3. The van der Waals surface area contributed by atoms with Gasteiger partial charge in [-0.1, -0.05) is 35.9 Å². The lowest BCUT2D eigenvalue weighted by molar-refractivity contribution is -0.385. The van der Waals surface area contributed by atoms with Crippen molar-refractivity contribution in [1.29, 1.82) is 0 Å². The van der Waals surface area contributed by atoms with Gasteiger partial charge < -0.3 is 9.52 Å². The second-order valence-electron chi connectivity index (χ2n) is 5.88. The van der Waals surface area contributed by atoms with Crippen LogP contribution in [0, 0.1) is 10.1 Å². The number of nitro groups is 1. The van der Waals surface area contributed by atoms with Crippen molar-refractivity contribution in [2.75, 3.05) is 0 Å². The molecule has 0 amide bonds. The van der Waals surface area contributed by atoms with Gasteiger partial charge in [-0.05, 0) is 30.3 Å². The molecular formula is C20H12ClN3O4. The summed E-state index contributed by atoms with van der Waals surface area (Å²) in [7, 11) is 0. The number of hydrogen-bond acceptors (Lipinski definition) is 6. The Bertz CT molecular complexity index is 1200. The number of nitro benzene ring substituents is 1. The maximum atomic E-state index is 11.0. The van der Waals surface area contributed by atoms with Gasteiger partial charge in [-0.2, -0.15) is 0 Å². The second-order valence-corrected chi connectivity index (χ2v) is 6.32. The molecule has 8 heteroatoms. The largest absolute Gasteiger partial charge is 0.502 e. The van der Waals surface area contributed by atoms with Crippen molar-refractivity contribution >= 4 is 40.3 Å². The summed E-state index contributed by atoms with van der Waals surface area (Å²) in [6, 6.07) is 17.0. The number of aromatic nitrogens is 1. The van der Waals surface area contributed by atoms with E-state index in [1.165, 1.54) is 12.3 Å². The van der Waals surface area contributed by atoms with E-state index in [1.807, 2.05) is 30.3 Å². The molecule has 3 aromatic carbocycles. The standard InChI is InChI=1S/C20H12ClN3O4/c21-13-9-12(19(25)17(10-13)24(26)27)11-22-15-6-2-1-5-14(15)20-23-16-7-3-4-8-18(16)28-20/h1-11,25H. The zero-order valence-corrected chi connectivity index (χ0v) is 15.0. The Kier molecular flexibility index (Phi) is 4.50. The highest BCUT2D eigenvalue weighted by atomic mass is 35.5. The Labute approximate surface area is 163 Å². The molecule has 0 atom stereocenters. The molecule has 7 nitrogen and oxygen atoms in total.